The van der Waals surface area contributed by atoms with Crippen LogP contribution in [0.4, 0.5) is 5.69 Å². The number of amides is 1. The fraction of sp³-hybridized carbons (Fsp3) is 0.273. The minimum atomic E-state index is -3.80. The molecule has 2 aromatic carbocycles. The second kappa shape index (κ2) is 10.2. The number of aromatic amines is 1. The third-order valence-corrected chi connectivity index (χ3v) is 7.16. The lowest BCUT2D eigenvalue weighted by molar-refractivity contribution is 0.102. The number of ether oxygens (including phenoxy) is 1. The van der Waals surface area contributed by atoms with E-state index in [1.165, 1.54) is 16.6 Å². The van der Waals surface area contributed by atoms with Crippen molar-refractivity contribution < 1.29 is 17.9 Å². The van der Waals surface area contributed by atoms with Crippen LogP contribution in [0.1, 0.15) is 31.1 Å². The van der Waals surface area contributed by atoms with E-state index < -0.39 is 15.9 Å². The smallest absolute Gasteiger partial charge is 0.259 e. The molecule has 0 aliphatic rings. The number of benzene rings is 2. The normalized spacial score (nSPS) is 11.5. The number of halogens is 1. The Bertz CT molecular complexity index is 1190. The van der Waals surface area contributed by atoms with Gasteiger partial charge in [0.1, 0.15) is 10.6 Å². The fourth-order valence-electron chi connectivity index (χ4n) is 3.26. The van der Waals surface area contributed by atoms with E-state index in [1.54, 1.807) is 57.2 Å². The highest BCUT2D eigenvalue weighted by atomic mass is 35.5. The van der Waals surface area contributed by atoms with Crippen molar-refractivity contribution in [2.75, 3.05) is 25.0 Å². The van der Waals surface area contributed by atoms with Crippen molar-refractivity contribution in [3.63, 3.8) is 0 Å². The van der Waals surface area contributed by atoms with E-state index in [2.05, 4.69) is 15.5 Å². The molecule has 2 N–H and O–H groups in total. The van der Waals surface area contributed by atoms with E-state index in [1.807, 2.05) is 0 Å². The predicted octanol–water partition coefficient (Wildman–Crippen LogP) is 4.41. The maximum absolute atomic E-state index is 13.1. The summed E-state index contributed by atoms with van der Waals surface area (Å²) in [6, 6.07) is 11.6. The molecule has 0 saturated carbocycles. The first-order valence-corrected chi connectivity index (χ1v) is 12.0. The van der Waals surface area contributed by atoms with Crippen molar-refractivity contribution in [1.29, 1.82) is 0 Å². The lowest BCUT2D eigenvalue weighted by Gasteiger charge is -2.21. The molecule has 0 unspecified atom stereocenters. The molecule has 0 bridgehead atoms. The van der Waals surface area contributed by atoms with Crippen LogP contribution in [0.25, 0.3) is 11.3 Å². The fourth-order valence-corrected chi connectivity index (χ4v) is 5.00. The van der Waals surface area contributed by atoms with Crippen LogP contribution in [-0.4, -0.2) is 48.5 Å². The molecule has 0 spiro atoms. The third-order valence-electron chi connectivity index (χ3n) is 4.84. The van der Waals surface area contributed by atoms with E-state index in [4.69, 9.17) is 16.3 Å². The lowest BCUT2D eigenvalue weighted by atomic mass is 10.1. The molecule has 0 aliphatic heterocycles. The number of aromatic nitrogens is 2. The van der Waals surface area contributed by atoms with Crippen LogP contribution in [0, 0.1) is 0 Å². The van der Waals surface area contributed by atoms with Crippen LogP contribution in [0.5, 0.6) is 5.75 Å². The van der Waals surface area contributed by atoms with Crippen molar-refractivity contribution in [1.82, 2.24) is 14.5 Å². The number of H-pyrrole nitrogens is 1. The molecule has 170 valence electrons. The van der Waals surface area contributed by atoms with Gasteiger partial charge in [0.15, 0.2) is 0 Å². The Morgan fingerprint density at radius 3 is 2.44 bits per heavy atom. The van der Waals surface area contributed by atoms with E-state index in [0.29, 0.717) is 41.7 Å². The number of carbonyl (C=O) groups is 1. The van der Waals surface area contributed by atoms with Crippen LogP contribution < -0.4 is 10.1 Å². The standard InChI is InChI=1S/C22H25ClN4O4S/c1-4-27(5-2)32(29,30)20-13-17(11-12-19(20)31-6-3)25-22(28)18-14-24-26-21(18)15-7-9-16(23)10-8-15/h7-14H,4-6H2,1-3H3,(H,24,26)(H,25,28). The summed E-state index contributed by atoms with van der Waals surface area (Å²) in [5.74, 6) is -0.193. The highest BCUT2D eigenvalue weighted by molar-refractivity contribution is 7.89. The minimum absolute atomic E-state index is 0.00553. The Balaban J connectivity index is 1.94. The summed E-state index contributed by atoms with van der Waals surface area (Å²) >= 11 is 5.94. The zero-order valence-electron chi connectivity index (χ0n) is 18.1. The van der Waals surface area contributed by atoms with Crippen molar-refractivity contribution in [3.8, 4) is 17.0 Å². The van der Waals surface area contributed by atoms with E-state index >= 15 is 0 Å². The summed E-state index contributed by atoms with van der Waals surface area (Å²) in [5, 5.41) is 10.1. The van der Waals surface area contributed by atoms with Gasteiger partial charge in [0.05, 0.1) is 24.1 Å². The number of sulfonamides is 1. The molecule has 0 aliphatic carbocycles. The average Bonchev–Trinajstić information content (AvgIpc) is 3.26. The van der Waals surface area contributed by atoms with Gasteiger partial charge in [-0.05, 0) is 37.3 Å². The monoisotopic (exact) mass is 476 g/mol. The average molecular weight is 477 g/mol. The summed E-state index contributed by atoms with van der Waals surface area (Å²) in [6.45, 7) is 6.27. The summed E-state index contributed by atoms with van der Waals surface area (Å²) in [4.78, 5) is 13.0. The molecule has 1 heterocycles. The number of hydrogen-bond acceptors (Lipinski definition) is 5. The predicted molar refractivity (Wildman–Crippen MR) is 125 cm³/mol. The molecule has 3 rings (SSSR count). The van der Waals surface area contributed by atoms with Gasteiger partial charge >= 0.3 is 0 Å². The van der Waals surface area contributed by atoms with Gasteiger partial charge in [0.25, 0.3) is 5.91 Å². The van der Waals surface area contributed by atoms with Crippen molar-refractivity contribution in [2.24, 2.45) is 0 Å². The van der Waals surface area contributed by atoms with Gasteiger partial charge in [-0.25, -0.2) is 8.42 Å². The first-order chi connectivity index (χ1) is 15.3. The van der Waals surface area contributed by atoms with Gasteiger partial charge in [-0.1, -0.05) is 37.6 Å². The molecule has 0 radical (unpaired) electrons. The van der Waals surface area contributed by atoms with Crippen LogP contribution in [0.15, 0.2) is 53.6 Å². The zero-order valence-corrected chi connectivity index (χ0v) is 19.6. The minimum Gasteiger partial charge on any atom is -0.492 e. The van der Waals surface area contributed by atoms with Gasteiger partial charge in [0, 0.05) is 29.4 Å². The Morgan fingerprint density at radius 1 is 1.12 bits per heavy atom. The van der Waals surface area contributed by atoms with Gasteiger partial charge in [0.2, 0.25) is 10.0 Å². The SMILES string of the molecule is CCOc1ccc(NC(=O)c2cn[nH]c2-c2ccc(Cl)cc2)cc1S(=O)(=O)N(CC)CC. The van der Waals surface area contributed by atoms with E-state index in [0.717, 1.165) is 5.56 Å². The number of rotatable bonds is 9. The highest BCUT2D eigenvalue weighted by Gasteiger charge is 2.26. The largest absolute Gasteiger partial charge is 0.492 e. The summed E-state index contributed by atoms with van der Waals surface area (Å²) in [5.41, 5.74) is 1.91. The van der Waals surface area contributed by atoms with Crippen LogP contribution >= 0.6 is 11.6 Å². The van der Waals surface area contributed by atoms with Crippen molar-refractivity contribution in [2.45, 2.75) is 25.7 Å². The molecule has 32 heavy (non-hydrogen) atoms. The molecule has 0 saturated heterocycles. The topological polar surface area (TPSA) is 104 Å². The summed E-state index contributed by atoms with van der Waals surface area (Å²) < 4.78 is 33.1. The number of nitrogens with one attached hydrogen (secondary N) is 2. The molecular formula is C22H25ClN4O4S. The Kier molecular flexibility index (Phi) is 7.55. The molecule has 0 atom stereocenters. The highest BCUT2D eigenvalue weighted by Crippen LogP contribution is 2.31. The second-order valence-electron chi connectivity index (χ2n) is 6.80. The lowest BCUT2D eigenvalue weighted by Crippen LogP contribution is -2.31. The summed E-state index contributed by atoms with van der Waals surface area (Å²) in [7, 11) is -3.80. The van der Waals surface area contributed by atoms with Gasteiger partial charge in [-0.2, -0.15) is 9.40 Å². The first kappa shape index (κ1) is 23.8. The number of anilines is 1. The number of carbonyl (C=O) groups excluding carboxylic acids is 1. The number of nitrogens with zero attached hydrogens (tertiary/aromatic N) is 2. The molecular weight excluding hydrogens is 452 g/mol. The molecule has 3 aromatic rings. The summed E-state index contributed by atoms with van der Waals surface area (Å²) in [6.07, 6.45) is 1.42. The zero-order chi connectivity index (χ0) is 23.3. The molecule has 1 aromatic heterocycles. The Morgan fingerprint density at radius 2 is 1.81 bits per heavy atom. The van der Waals surface area contributed by atoms with Crippen LogP contribution in [0.2, 0.25) is 5.02 Å². The van der Waals surface area contributed by atoms with E-state index in [9.17, 15) is 13.2 Å². The first-order valence-electron chi connectivity index (χ1n) is 10.2. The quantitative estimate of drug-likeness (QED) is 0.476. The Hall–Kier alpha value is -2.88. The maximum atomic E-state index is 13.1. The number of hydrogen-bond donors (Lipinski definition) is 2. The maximum Gasteiger partial charge on any atom is 0.259 e. The van der Waals surface area contributed by atoms with Crippen molar-refractivity contribution in [3.05, 3.63) is 59.2 Å². The van der Waals surface area contributed by atoms with Crippen LogP contribution in [-0.2, 0) is 10.0 Å². The van der Waals surface area contributed by atoms with Gasteiger partial charge in [-0.15, -0.1) is 0 Å². The van der Waals surface area contributed by atoms with Gasteiger partial charge < -0.3 is 10.1 Å². The molecule has 0 fully saturated rings. The molecule has 10 heteroatoms. The third kappa shape index (κ3) is 4.95. The molecule has 1 amide bonds. The second-order valence-corrected chi connectivity index (χ2v) is 9.15. The van der Waals surface area contributed by atoms with E-state index in [-0.39, 0.29) is 10.6 Å². The Labute approximate surface area is 192 Å². The van der Waals surface area contributed by atoms with Crippen LogP contribution in [0.3, 0.4) is 0 Å². The molecule has 8 nitrogen and oxygen atoms in total. The van der Waals surface area contributed by atoms with Gasteiger partial charge in [-0.3, -0.25) is 9.89 Å². The van der Waals surface area contributed by atoms with Crippen molar-refractivity contribution >= 4 is 33.2 Å².